The van der Waals surface area contributed by atoms with Gasteiger partial charge in [-0.25, -0.2) is 0 Å². The van der Waals surface area contributed by atoms with Crippen LogP contribution in [0.15, 0.2) is 121 Å². The number of hydrogen-bond acceptors (Lipinski definition) is 5. The van der Waals surface area contributed by atoms with Crippen molar-refractivity contribution in [2.75, 3.05) is 13.2 Å². The molecule has 2 saturated heterocycles. The van der Waals surface area contributed by atoms with Gasteiger partial charge < -0.3 is 26.7 Å². The number of nitrogens with zero attached hydrogens (tertiary/aromatic N) is 3. The van der Waals surface area contributed by atoms with Crippen molar-refractivity contribution in [3.8, 4) is 18.2 Å². The zero-order chi connectivity index (χ0) is 35.4. The summed E-state index contributed by atoms with van der Waals surface area (Å²) < 4.78 is 52.4. The number of rotatable bonds is 6. The van der Waals surface area contributed by atoms with E-state index < -0.39 is 23.1 Å². The van der Waals surface area contributed by atoms with Gasteiger partial charge in [-0.2, -0.15) is 15.8 Å². The molecule has 4 aromatic rings. The quantitative estimate of drug-likeness (QED) is 0.118. The van der Waals surface area contributed by atoms with Crippen molar-refractivity contribution >= 4 is 44.3 Å². The Bertz CT molecular complexity index is 1380. The van der Waals surface area contributed by atoms with Crippen molar-refractivity contribution in [2.24, 2.45) is 0 Å². The molecule has 0 unspecified atom stereocenters. The molecule has 0 bridgehead atoms. The number of fused-ring (bicyclic) bond motifs is 1. The zero-order valence-corrected chi connectivity index (χ0v) is 31.0. The molecule has 49 heavy (non-hydrogen) atoms. The normalized spacial score (nSPS) is 18.3. The van der Waals surface area contributed by atoms with E-state index in [0.717, 1.165) is 13.2 Å². The maximum atomic E-state index is 9.75. The molecule has 2 heterocycles. The molecule has 0 aromatic heterocycles. The first-order valence-electron chi connectivity index (χ1n) is 15.1. The van der Waals surface area contributed by atoms with Crippen LogP contribution in [0.3, 0.4) is 0 Å². The van der Waals surface area contributed by atoms with Crippen molar-refractivity contribution in [3.05, 3.63) is 121 Å². The van der Waals surface area contributed by atoms with Gasteiger partial charge in [-0.3, -0.25) is 0 Å². The van der Waals surface area contributed by atoms with E-state index in [-0.39, 0.29) is 31.7 Å². The van der Waals surface area contributed by atoms with Crippen LogP contribution in [0.1, 0.15) is 20.8 Å². The predicted molar refractivity (Wildman–Crippen MR) is 192 cm³/mol. The van der Waals surface area contributed by atoms with Gasteiger partial charge in [0.1, 0.15) is 23.5 Å². The van der Waals surface area contributed by atoms with Crippen LogP contribution in [0.2, 0.25) is 0 Å². The second-order valence-electron chi connectivity index (χ2n) is 10.3. The fourth-order valence-electron chi connectivity index (χ4n) is 5.65. The fourth-order valence-corrected chi connectivity index (χ4v) is 12.0. The minimum absolute atomic E-state index is 0. The summed E-state index contributed by atoms with van der Waals surface area (Å²) in [5, 5.41) is 27.7. The Labute approximate surface area is 302 Å². The molecule has 0 spiro atoms. The van der Waals surface area contributed by atoms with Crippen LogP contribution in [0.25, 0.3) is 0 Å². The first kappa shape index (κ1) is 43.6. The first-order chi connectivity index (χ1) is 23.1. The number of nitriles is 3. The standard InChI is InChI=1S/C30H28O2P2.3C2H3N.BF4.Rh/c1-5-13-23(14-6-1)33(24-15-7-2-8-16-24)27-21-31-30-28(22-32-29(27)30)34(25-17-9-3-10-18-25)26-19-11-4-12-20-26;3*1-2-3;2-1(3,4)5;/h1-20,27-30H,21-22H2;3*1H3;;/q;;;;-1;/p+2/t27-,28-,29-,30-;;;;;/m1...../s1. The fraction of sp³-hybridized carbons (Fsp3) is 0.250. The van der Waals surface area contributed by atoms with Crippen molar-refractivity contribution < 1.29 is 46.2 Å². The minimum Gasteiger partial charge on any atom is -0.418 e. The van der Waals surface area contributed by atoms with Gasteiger partial charge >= 0.3 is 7.25 Å². The monoisotopic (exact) mass is 797 g/mol. The molecule has 1 radical (unpaired) electrons. The molecule has 259 valence electrons. The van der Waals surface area contributed by atoms with E-state index in [1.807, 2.05) is 0 Å². The van der Waals surface area contributed by atoms with Crippen LogP contribution in [0.5, 0.6) is 0 Å². The molecule has 2 aliphatic rings. The molecule has 0 saturated carbocycles. The molecule has 6 rings (SSSR count). The third kappa shape index (κ3) is 14.5. The van der Waals surface area contributed by atoms with E-state index in [4.69, 9.17) is 25.3 Å². The molecule has 4 atom stereocenters. The van der Waals surface area contributed by atoms with Gasteiger partial charge in [-0.1, -0.05) is 72.8 Å². The smallest absolute Gasteiger partial charge is 0.418 e. The van der Waals surface area contributed by atoms with Crippen molar-refractivity contribution in [2.45, 2.75) is 44.3 Å². The van der Waals surface area contributed by atoms with Gasteiger partial charge in [0.15, 0.2) is 0 Å². The van der Waals surface area contributed by atoms with E-state index in [0.29, 0.717) is 11.3 Å². The summed E-state index contributed by atoms with van der Waals surface area (Å²) in [5.41, 5.74) is 0.805. The Morgan fingerprint density at radius 3 is 0.878 bits per heavy atom. The molecule has 0 N–H and O–H groups in total. The van der Waals surface area contributed by atoms with E-state index in [9.17, 15) is 17.3 Å². The Kier molecular flexibility index (Phi) is 21.2. The van der Waals surface area contributed by atoms with Gasteiger partial charge in [0.2, 0.25) is 0 Å². The Morgan fingerprint density at radius 1 is 0.510 bits per heavy atom. The van der Waals surface area contributed by atoms with Gasteiger partial charge in [0, 0.05) is 40.2 Å². The van der Waals surface area contributed by atoms with Crippen LogP contribution in [0.4, 0.5) is 17.3 Å². The Balaban J connectivity index is 0.000000691. The van der Waals surface area contributed by atoms with Crippen molar-refractivity contribution in [1.82, 2.24) is 0 Å². The van der Waals surface area contributed by atoms with Gasteiger partial charge in [0.25, 0.3) is 0 Å². The molecule has 2 fully saturated rings. The summed E-state index contributed by atoms with van der Waals surface area (Å²) in [7, 11) is -8.09. The number of benzene rings is 4. The topological polar surface area (TPSA) is 89.8 Å². The molecular formula is C36H39BF4N3O2P2Rh+. The molecule has 0 amide bonds. The molecule has 0 aliphatic carbocycles. The maximum absolute atomic E-state index is 9.75. The van der Waals surface area contributed by atoms with E-state index in [2.05, 4.69) is 121 Å². The Hall–Kier alpha value is -3.46. The summed E-state index contributed by atoms with van der Waals surface area (Å²) >= 11 is 0. The second-order valence-corrected chi connectivity index (χ2v) is 15.7. The summed E-state index contributed by atoms with van der Waals surface area (Å²) in [4.78, 5) is 0. The molecule has 4 aromatic carbocycles. The predicted octanol–water partition coefficient (Wildman–Crippen LogP) is 7.14. The average Bonchev–Trinajstić information content (AvgIpc) is 3.67. The zero-order valence-electron chi connectivity index (χ0n) is 27.4. The summed E-state index contributed by atoms with van der Waals surface area (Å²) in [6.07, 6.45) is 0.318. The van der Waals surface area contributed by atoms with E-state index in [1.165, 1.54) is 42.0 Å². The van der Waals surface area contributed by atoms with Gasteiger partial charge in [0.05, 0.1) is 68.5 Å². The molecule has 2 aliphatic heterocycles. The maximum Gasteiger partial charge on any atom is 0.673 e. The third-order valence-corrected chi connectivity index (χ3v) is 13.4. The largest absolute Gasteiger partial charge is 0.673 e. The SMILES string of the molecule is CC#N.CC#N.CC#N.F[B-](F)(F)F.[Rh].c1ccc([PH+](c2ccccc2)[C@@H]2CO[C@H]3[C@@H]2OC[C@H]3[PH+](c2ccccc2)c2ccccc2)cc1. The molecule has 13 heteroatoms. The van der Waals surface area contributed by atoms with Crippen LogP contribution in [-0.4, -0.2) is 44.0 Å². The minimum atomic E-state index is -6.00. The summed E-state index contributed by atoms with van der Waals surface area (Å²) in [5.74, 6) is 0. The van der Waals surface area contributed by atoms with Gasteiger partial charge in [-0.05, 0) is 48.5 Å². The Morgan fingerprint density at radius 2 is 0.694 bits per heavy atom. The number of halogens is 4. The van der Waals surface area contributed by atoms with Crippen LogP contribution in [0, 0.1) is 34.0 Å². The number of ether oxygens (including phenoxy) is 2. The van der Waals surface area contributed by atoms with Crippen LogP contribution in [-0.2, 0) is 29.0 Å². The van der Waals surface area contributed by atoms with E-state index >= 15 is 0 Å². The first-order valence-corrected chi connectivity index (χ1v) is 18.3. The molecular weight excluding hydrogens is 758 g/mol. The third-order valence-electron chi connectivity index (χ3n) is 7.13. The molecule has 5 nitrogen and oxygen atoms in total. The van der Waals surface area contributed by atoms with Crippen LogP contribution < -0.4 is 21.2 Å². The second kappa shape index (κ2) is 23.8. The van der Waals surface area contributed by atoms with E-state index in [1.54, 1.807) is 18.2 Å². The van der Waals surface area contributed by atoms with Crippen molar-refractivity contribution in [1.29, 1.82) is 15.8 Å². The van der Waals surface area contributed by atoms with Crippen molar-refractivity contribution in [3.63, 3.8) is 0 Å². The number of hydrogen-bond donors (Lipinski definition) is 0. The summed E-state index contributed by atoms with van der Waals surface area (Å²) in [6, 6.07) is 49.4. The average molecular weight is 797 g/mol. The summed E-state index contributed by atoms with van der Waals surface area (Å²) in [6.45, 7) is 5.85. The van der Waals surface area contributed by atoms with Gasteiger partial charge in [-0.15, -0.1) is 0 Å². The van der Waals surface area contributed by atoms with Crippen LogP contribution >= 0.6 is 15.8 Å².